The predicted molar refractivity (Wildman–Crippen MR) is 80.7 cm³/mol. The Morgan fingerprint density at radius 3 is 2.71 bits per heavy atom. The van der Waals surface area contributed by atoms with Gasteiger partial charge in [0.15, 0.2) is 11.0 Å². The predicted octanol–water partition coefficient (Wildman–Crippen LogP) is 3.28. The summed E-state index contributed by atoms with van der Waals surface area (Å²) in [6.07, 6.45) is 3.73. The summed E-state index contributed by atoms with van der Waals surface area (Å²) in [7, 11) is 3.71. The number of thioether (sulfide) groups is 1. The minimum atomic E-state index is -0.246. The van der Waals surface area contributed by atoms with Crippen molar-refractivity contribution in [1.82, 2.24) is 14.8 Å². The number of nitrogens with zero attached hydrogens (tertiary/aromatic N) is 3. The summed E-state index contributed by atoms with van der Waals surface area (Å²) in [6, 6.07) is 6.33. The maximum atomic E-state index is 13.0. The van der Waals surface area contributed by atoms with Crippen LogP contribution < -0.4 is 0 Å². The molecule has 0 unspecified atom stereocenters. The van der Waals surface area contributed by atoms with Gasteiger partial charge in [-0.1, -0.05) is 11.8 Å². The molecular weight excluding hydrogens is 289 g/mol. The highest BCUT2D eigenvalue weighted by molar-refractivity contribution is 7.99. The summed E-state index contributed by atoms with van der Waals surface area (Å²) in [4.78, 5) is 0. The van der Waals surface area contributed by atoms with Crippen LogP contribution in [0.4, 0.5) is 4.39 Å². The van der Waals surface area contributed by atoms with E-state index >= 15 is 0 Å². The maximum Gasteiger partial charge on any atom is 0.191 e. The molecule has 1 aliphatic rings. The van der Waals surface area contributed by atoms with Crippen LogP contribution in [-0.4, -0.2) is 33.2 Å². The molecular formula is C15H18FN3OS. The molecule has 112 valence electrons. The van der Waals surface area contributed by atoms with Crippen molar-refractivity contribution in [2.24, 2.45) is 7.05 Å². The van der Waals surface area contributed by atoms with Crippen LogP contribution in [0.25, 0.3) is 11.4 Å². The van der Waals surface area contributed by atoms with Gasteiger partial charge in [0.2, 0.25) is 0 Å². The Labute approximate surface area is 127 Å². The fraction of sp³-hybridized carbons (Fsp3) is 0.467. The standard InChI is InChI=1S/C15H18FN3OS/c1-19-14(10-6-8-11(16)9-7-10)17-18-15(19)21-13-5-3-4-12(13)20-2/h6-9,12-13H,3-5H2,1-2H3/t12-,13-/m1/s1. The summed E-state index contributed by atoms with van der Waals surface area (Å²) >= 11 is 1.72. The van der Waals surface area contributed by atoms with Gasteiger partial charge < -0.3 is 9.30 Å². The van der Waals surface area contributed by atoms with E-state index in [2.05, 4.69) is 10.2 Å². The van der Waals surface area contributed by atoms with Gasteiger partial charge in [-0.15, -0.1) is 10.2 Å². The average Bonchev–Trinajstić information content (AvgIpc) is 3.08. The Bertz CT molecular complexity index is 614. The van der Waals surface area contributed by atoms with Crippen LogP contribution >= 0.6 is 11.8 Å². The second-order valence-electron chi connectivity index (χ2n) is 5.23. The number of benzene rings is 1. The number of aromatic nitrogens is 3. The van der Waals surface area contributed by atoms with E-state index in [0.29, 0.717) is 11.4 Å². The van der Waals surface area contributed by atoms with Gasteiger partial charge in [0.25, 0.3) is 0 Å². The summed E-state index contributed by atoms with van der Waals surface area (Å²) in [6.45, 7) is 0. The summed E-state index contributed by atoms with van der Waals surface area (Å²) in [5, 5.41) is 9.82. The third-order valence-electron chi connectivity index (χ3n) is 3.89. The molecule has 0 amide bonds. The van der Waals surface area contributed by atoms with Crippen molar-refractivity contribution < 1.29 is 9.13 Å². The van der Waals surface area contributed by atoms with E-state index in [4.69, 9.17) is 4.74 Å². The largest absolute Gasteiger partial charge is 0.380 e. The van der Waals surface area contributed by atoms with Crippen LogP contribution in [-0.2, 0) is 11.8 Å². The van der Waals surface area contributed by atoms with Crippen LogP contribution in [0, 0.1) is 5.82 Å². The minimum Gasteiger partial charge on any atom is -0.380 e. The first-order valence-electron chi connectivity index (χ1n) is 7.04. The van der Waals surface area contributed by atoms with Crippen molar-refractivity contribution in [1.29, 1.82) is 0 Å². The van der Waals surface area contributed by atoms with Crippen LogP contribution in [0.3, 0.4) is 0 Å². The highest BCUT2D eigenvalue weighted by Gasteiger charge is 2.29. The van der Waals surface area contributed by atoms with Crippen LogP contribution in [0.1, 0.15) is 19.3 Å². The molecule has 0 bridgehead atoms. The van der Waals surface area contributed by atoms with Crippen LogP contribution in [0.5, 0.6) is 0 Å². The molecule has 0 spiro atoms. The van der Waals surface area contributed by atoms with Crippen molar-refractivity contribution in [2.45, 2.75) is 35.8 Å². The third-order valence-corrected chi connectivity index (χ3v) is 5.30. The monoisotopic (exact) mass is 307 g/mol. The SMILES string of the molecule is CO[C@@H]1CCC[C@H]1Sc1nnc(-c2ccc(F)cc2)n1C. The molecule has 1 aromatic heterocycles. The van der Waals surface area contributed by atoms with Gasteiger partial charge in [-0.3, -0.25) is 0 Å². The molecule has 0 aliphatic heterocycles. The number of hydrogen-bond donors (Lipinski definition) is 0. The Kier molecular flexibility index (Phi) is 4.26. The minimum absolute atomic E-state index is 0.246. The van der Waals surface area contributed by atoms with E-state index in [1.807, 2.05) is 11.6 Å². The molecule has 1 aromatic carbocycles. The lowest BCUT2D eigenvalue weighted by molar-refractivity contribution is 0.113. The fourth-order valence-corrected chi connectivity index (χ4v) is 3.99. The molecule has 6 heteroatoms. The fourth-order valence-electron chi connectivity index (χ4n) is 2.70. The molecule has 1 fully saturated rings. The Hall–Kier alpha value is -1.40. The molecule has 3 rings (SSSR count). The first-order valence-corrected chi connectivity index (χ1v) is 7.92. The number of hydrogen-bond acceptors (Lipinski definition) is 4. The summed E-state index contributed by atoms with van der Waals surface area (Å²) < 4.78 is 20.5. The van der Waals surface area contributed by atoms with Gasteiger partial charge in [-0.2, -0.15) is 0 Å². The summed E-state index contributed by atoms with van der Waals surface area (Å²) in [5.74, 6) is 0.508. The molecule has 2 aromatic rings. The number of rotatable bonds is 4. The van der Waals surface area contributed by atoms with Crippen LogP contribution in [0.15, 0.2) is 29.4 Å². The van der Waals surface area contributed by atoms with E-state index < -0.39 is 0 Å². The lowest BCUT2D eigenvalue weighted by Crippen LogP contribution is -2.18. The zero-order valence-electron chi connectivity index (χ0n) is 12.1. The molecule has 1 heterocycles. The highest BCUT2D eigenvalue weighted by Crippen LogP contribution is 2.36. The second kappa shape index (κ2) is 6.15. The normalized spacial score (nSPS) is 21.9. The van der Waals surface area contributed by atoms with Crippen molar-refractivity contribution in [3.8, 4) is 11.4 Å². The quantitative estimate of drug-likeness (QED) is 0.869. The smallest absolute Gasteiger partial charge is 0.191 e. The first kappa shape index (κ1) is 14.5. The zero-order chi connectivity index (χ0) is 14.8. The molecule has 0 N–H and O–H groups in total. The van der Waals surface area contributed by atoms with E-state index in [0.717, 1.165) is 29.4 Å². The molecule has 2 atom stereocenters. The molecule has 0 saturated heterocycles. The van der Waals surface area contributed by atoms with E-state index in [1.165, 1.54) is 18.6 Å². The topological polar surface area (TPSA) is 39.9 Å². The van der Waals surface area contributed by atoms with Gasteiger partial charge in [0.05, 0.1) is 6.10 Å². The average molecular weight is 307 g/mol. The lowest BCUT2D eigenvalue weighted by atomic mass is 10.2. The van der Waals surface area contributed by atoms with E-state index in [1.54, 1.807) is 31.0 Å². The van der Waals surface area contributed by atoms with E-state index in [9.17, 15) is 4.39 Å². The van der Waals surface area contributed by atoms with Gasteiger partial charge in [-0.25, -0.2) is 4.39 Å². The number of methoxy groups -OCH3 is 1. The Morgan fingerprint density at radius 2 is 2.00 bits per heavy atom. The van der Waals surface area contributed by atoms with Gasteiger partial charge in [-0.05, 0) is 43.5 Å². The van der Waals surface area contributed by atoms with Crippen molar-refractivity contribution in [2.75, 3.05) is 7.11 Å². The van der Waals surface area contributed by atoms with E-state index in [-0.39, 0.29) is 5.82 Å². The van der Waals surface area contributed by atoms with Gasteiger partial charge in [0, 0.05) is 25.0 Å². The number of halogens is 1. The lowest BCUT2D eigenvalue weighted by Gasteiger charge is -2.16. The van der Waals surface area contributed by atoms with Crippen molar-refractivity contribution >= 4 is 11.8 Å². The summed E-state index contributed by atoms with van der Waals surface area (Å²) in [5.41, 5.74) is 0.868. The number of ether oxygens (including phenoxy) is 1. The first-order chi connectivity index (χ1) is 10.2. The maximum absolute atomic E-state index is 13.0. The molecule has 21 heavy (non-hydrogen) atoms. The van der Waals surface area contributed by atoms with Gasteiger partial charge in [0.1, 0.15) is 5.82 Å². The van der Waals surface area contributed by atoms with Crippen LogP contribution in [0.2, 0.25) is 0 Å². The van der Waals surface area contributed by atoms with Gasteiger partial charge >= 0.3 is 0 Å². The third kappa shape index (κ3) is 2.96. The molecule has 4 nitrogen and oxygen atoms in total. The zero-order valence-corrected chi connectivity index (χ0v) is 12.9. The van der Waals surface area contributed by atoms with Crippen molar-refractivity contribution in [3.63, 3.8) is 0 Å². The Balaban J connectivity index is 1.81. The molecule has 1 saturated carbocycles. The molecule has 1 aliphatic carbocycles. The highest BCUT2D eigenvalue weighted by atomic mass is 32.2. The second-order valence-corrected chi connectivity index (χ2v) is 6.44. The Morgan fingerprint density at radius 1 is 1.24 bits per heavy atom. The van der Waals surface area contributed by atoms with Crippen molar-refractivity contribution in [3.05, 3.63) is 30.1 Å². The molecule has 0 radical (unpaired) electrons.